The molecule has 1 N–H and O–H groups in total. The third-order valence-corrected chi connectivity index (χ3v) is 2.92. The maximum absolute atomic E-state index is 10.8. The standard InChI is InChI=1S/C15H16O3/c1-10(2)11-4-3-5-12(7-6-11)13-8-9-14(18-13)15(16)17/h3-4,6-10H,5H2,1-2H3,(H,16,17). The molecule has 3 heteroatoms. The highest BCUT2D eigenvalue weighted by molar-refractivity contribution is 5.85. The summed E-state index contributed by atoms with van der Waals surface area (Å²) in [6.07, 6.45) is 8.99. The lowest BCUT2D eigenvalue weighted by molar-refractivity contribution is 0.0662. The zero-order valence-corrected chi connectivity index (χ0v) is 10.5. The number of aromatic carboxylic acids is 1. The van der Waals surface area contributed by atoms with E-state index in [0.29, 0.717) is 11.7 Å². The lowest BCUT2D eigenvalue weighted by Gasteiger charge is -2.02. The summed E-state index contributed by atoms with van der Waals surface area (Å²) in [6.45, 7) is 4.29. The zero-order chi connectivity index (χ0) is 13.1. The monoisotopic (exact) mass is 244 g/mol. The van der Waals surface area contributed by atoms with Crippen LogP contribution in [-0.4, -0.2) is 11.1 Å². The molecule has 1 aliphatic carbocycles. The quantitative estimate of drug-likeness (QED) is 0.877. The summed E-state index contributed by atoms with van der Waals surface area (Å²) in [5, 5.41) is 8.83. The largest absolute Gasteiger partial charge is 0.475 e. The van der Waals surface area contributed by atoms with Gasteiger partial charge in [-0.15, -0.1) is 0 Å². The van der Waals surface area contributed by atoms with Crippen molar-refractivity contribution in [2.45, 2.75) is 20.3 Å². The molecule has 18 heavy (non-hydrogen) atoms. The predicted molar refractivity (Wildman–Crippen MR) is 70.3 cm³/mol. The molecule has 0 amide bonds. The van der Waals surface area contributed by atoms with Gasteiger partial charge >= 0.3 is 5.97 Å². The van der Waals surface area contributed by atoms with E-state index < -0.39 is 5.97 Å². The van der Waals surface area contributed by atoms with Crippen molar-refractivity contribution in [3.63, 3.8) is 0 Å². The summed E-state index contributed by atoms with van der Waals surface area (Å²) in [7, 11) is 0. The van der Waals surface area contributed by atoms with E-state index in [1.807, 2.05) is 6.08 Å². The molecule has 0 saturated carbocycles. The summed E-state index contributed by atoms with van der Waals surface area (Å²) in [5.41, 5.74) is 2.25. The van der Waals surface area contributed by atoms with Crippen LogP contribution in [0, 0.1) is 5.92 Å². The van der Waals surface area contributed by atoms with Crippen LogP contribution in [0.15, 0.2) is 46.4 Å². The summed E-state index contributed by atoms with van der Waals surface area (Å²) in [4.78, 5) is 10.8. The molecule has 0 fully saturated rings. The lowest BCUT2D eigenvalue weighted by Crippen LogP contribution is -1.91. The molecule has 1 aromatic rings. The van der Waals surface area contributed by atoms with Gasteiger partial charge in [-0.3, -0.25) is 0 Å². The van der Waals surface area contributed by atoms with Crippen LogP contribution in [-0.2, 0) is 0 Å². The molecule has 0 atom stereocenters. The first-order valence-corrected chi connectivity index (χ1v) is 5.98. The smallest absolute Gasteiger partial charge is 0.371 e. The predicted octanol–water partition coefficient (Wildman–Crippen LogP) is 3.90. The van der Waals surface area contributed by atoms with Crippen LogP contribution in [0.25, 0.3) is 5.57 Å². The van der Waals surface area contributed by atoms with Crippen molar-refractivity contribution in [2.24, 2.45) is 5.92 Å². The van der Waals surface area contributed by atoms with Gasteiger partial charge in [-0.25, -0.2) is 4.79 Å². The average Bonchev–Trinajstić information content (AvgIpc) is 2.67. The Labute approximate surface area is 106 Å². The number of hydrogen-bond donors (Lipinski definition) is 1. The number of carbonyl (C=O) groups is 1. The van der Waals surface area contributed by atoms with Gasteiger partial charge in [0.25, 0.3) is 0 Å². The van der Waals surface area contributed by atoms with E-state index in [4.69, 9.17) is 9.52 Å². The molecule has 1 aromatic heterocycles. The molecule has 0 aliphatic heterocycles. The molecule has 0 bridgehead atoms. The number of furan rings is 1. The fraction of sp³-hybridized carbons (Fsp3) is 0.267. The number of allylic oxidation sites excluding steroid dienone is 6. The highest BCUT2D eigenvalue weighted by atomic mass is 16.4. The van der Waals surface area contributed by atoms with Crippen molar-refractivity contribution in [2.75, 3.05) is 0 Å². The Morgan fingerprint density at radius 2 is 2.11 bits per heavy atom. The van der Waals surface area contributed by atoms with Crippen LogP contribution >= 0.6 is 0 Å². The summed E-state index contributed by atoms with van der Waals surface area (Å²) in [6, 6.07) is 3.19. The van der Waals surface area contributed by atoms with E-state index in [1.54, 1.807) is 6.07 Å². The fourth-order valence-corrected chi connectivity index (χ4v) is 1.84. The first-order valence-electron chi connectivity index (χ1n) is 5.98. The molecule has 2 rings (SSSR count). The highest BCUT2D eigenvalue weighted by Crippen LogP contribution is 2.25. The van der Waals surface area contributed by atoms with Gasteiger partial charge in [-0.2, -0.15) is 0 Å². The Morgan fingerprint density at radius 1 is 1.33 bits per heavy atom. The third-order valence-electron chi connectivity index (χ3n) is 2.92. The lowest BCUT2D eigenvalue weighted by atomic mass is 10.0. The van der Waals surface area contributed by atoms with Crippen LogP contribution in [0.5, 0.6) is 0 Å². The average molecular weight is 244 g/mol. The van der Waals surface area contributed by atoms with Crippen LogP contribution in [0.1, 0.15) is 36.6 Å². The van der Waals surface area contributed by atoms with Gasteiger partial charge in [0.2, 0.25) is 5.76 Å². The SMILES string of the molecule is CC(C)C1=CC=C(c2ccc(C(=O)O)o2)CC=C1. The van der Waals surface area contributed by atoms with E-state index in [-0.39, 0.29) is 5.76 Å². The topological polar surface area (TPSA) is 50.4 Å². The molecule has 94 valence electrons. The Hall–Kier alpha value is -2.03. The number of carboxylic acids is 1. The second-order valence-corrected chi connectivity index (χ2v) is 4.59. The van der Waals surface area contributed by atoms with E-state index >= 15 is 0 Å². The zero-order valence-electron chi connectivity index (χ0n) is 10.5. The van der Waals surface area contributed by atoms with E-state index in [0.717, 1.165) is 12.0 Å². The molecule has 0 spiro atoms. The molecular formula is C15H16O3. The minimum Gasteiger partial charge on any atom is -0.475 e. The minimum atomic E-state index is -1.04. The molecule has 1 aliphatic rings. The maximum Gasteiger partial charge on any atom is 0.371 e. The second kappa shape index (κ2) is 5.08. The third kappa shape index (κ3) is 2.62. The van der Waals surface area contributed by atoms with Crippen LogP contribution in [0.4, 0.5) is 0 Å². The Kier molecular flexibility index (Phi) is 3.51. The second-order valence-electron chi connectivity index (χ2n) is 4.59. The Balaban J connectivity index is 2.28. The van der Waals surface area contributed by atoms with Crippen molar-refractivity contribution >= 4 is 11.5 Å². The number of rotatable bonds is 3. The Morgan fingerprint density at radius 3 is 2.72 bits per heavy atom. The molecule has 1 heterocycles. The molecule has 0 radical (unpaired) electrons. The van der Waals surface area contributed by atoms with Gasteiger partial charge in [0.1, 0.15) is 5.76 Å². The summed E-state index contributed by atoms with van der Waals surface area (Å²) >= 11 is 0. The molecular weight excluding hydrogens is 228 g/mol. The van der Waals surface area contributed by atoms with Crippen LogP contribution in [0.3, 0.4) is 0 Å². The highest BCUT2D eigenvalue weighted by Gasteiger charge is 2.12. The first kappa shape index (κ1) is 12.4. The number of carboxylic acid groups (broad SMARTS) is 1. The maximum atomic E-state index is 10.8. The summed E-state index contributed by atoms with van der Waals surface area (Å²) in [5.74, 6) is 0.0398. The van der Waals surface area contributed by atoms with Gasteiger partial charge < -0.3 is 9.52 Å². The first-order chi connectivity index (χ1) is 8.58. The molecule has 0 saturated heterocycles. The Bertz CT molecular complexity index is 542. The van der Waals surface area contributed by atoms with E-state index in [2.05, 4.69) is 32.1 Å². The van der Waals surface area contributed by atoms with Crippen LogP contribution in [0.2, 0.25) is 0 Å². The molecule has 0 unspecified atom stereocenters. The van der Waals surface area contributed by atoms with Crippen molar-refractivity contribution in [3.05, 3.63) is 53.5 Å². The van der Waals surface area contributed by atoms with Crippen molar-refractivity contribution in [1.82, 2.24) is 0 Å². The van der Waals surface area contributed by atoms with Crippen molar-refractivity contribution in [3.8, 4) is 0 Å². The van der Waals surface area contributed by atoms with Gasteiger partial charge in [0.05, 0.1) is 0 Å². The molecule has 3 nitrogen and oxygen atoms in total. The van der Waals surface area contributed by atoms with E-state index in [9.17, 15) is 4.79 Å². The minimum absolute atomic E-state index is 0.0211. The number of hydrogen-bond acceptors (Lipinski definition) is 2. The summed E-state index contributed by atoms with van der Waals surface area (Å²) < 4.78 is 5.30. The van der Waals surface area contributed by atoms with E-state index in [1.165, 1.54) is 11.6 Å². The van der Waals surface area contributed by atoms with Crippen molar-refractivity contribution < 1.29 is 14.3 Å². The molecule has 0 aromatic carbocycles. The van der Waals surface area contributed by atoms with Crippen molar-refractivity contribution in [1.29, 1.82) is 0 Å². The normalized spacial score (nSPS) is 15.3. The van der Waals surface area contributed by atoms with Gasteiger partial charge in [-0.05, 0) is 35.6 Å². The van der Waals surface area contributed by atoms with Gasteiger partial charge in [0, 0.05) is 0 Å². The van der Waals surface area contributed by atoms with Crippen LogP contribution < -0.4 is 0 Å². The van der Waals surface area contributed by atoms with Gasteiger partial charge in [0.15, 0.2) is 0 Å². The van der Waals surface area contributed by atoms with Gasteiger partial charge in [-0.1, -0.05) is 38.2 Å². The fourth-order valence-electron chi connectivity index (χ4n) is 1.84.